The molecule has 0 radical (unpaired) electrons. The van der Waals surface area contributed by atoms with Gasteiger partial charge in [0.05, 0.1) is 0 Å². The first-order valence-corrected chi connectivity index (χ1v) is 8.11. The summed E-state index contributed by atoms with van der Waals surface area (Å²) in [6, 6.07) is 13.4. The lowest BCUT2D eigenvalue weighted by atomic mass is 9.81. The van der Waals surface area contributed by atoms with Gasteiger partial charge < -0.3 is 9.84 Å². The molecule has 0 bridgehead atoms. The van der Waals surface area contributed by atoms with Crippen molar-refractivity contribution in [3.63, 3.8) is 0 Å². The van der Waals surface area contributed by atoms with Crippen LogP contribution in [0.25, 0.3) is 11.1 Å². The first kappa shape index (κ1) is 15.2. The van der Waals surface area contributed by atoms with E-state index in [-0.39, 0.29) is 0 Å². The van der Waals surface area contributed by atoms with Crippen LogP contribution in [0.15, 0.2) is 42.5 Å². The van der Waals surface area contributed by atoms with E-state index >= 15 is 0 Å². The van der Waals surface area contributed by atoms with Gasteiger partial charge in [-0.3, -0.25) is 9.59 Å². The van der Waals surface area contributed by atoms with Gasteiger partial charge in [0, 0.05) is 17.4 Å². The van der Waals surface area contributed by atoms with E-state index in [0.717, 1.165) is 22.3 Å². The van der Waals surface area contributed by atoms with Crippen molar-refractivity contribution < 1.29 is 19.4 Å². The van der Waals surface area contributed by atoms with Crippen molar-refractivity contribution in [3.8, 4) is 11.1 Å². The Kier molecular flexibility index (Phi) is 3.22. The molecule has 3 atom stereocenters. The Morgan fingerprint density at radius 1 is 1.21 bits per heavy atom. The van der Waals surface area contributed by atoms with E-state index in [2.05, 4.69) is 0 Å². The van der Waals surface area contributed by atoms with Gasteiger partial charge in [-0.2, -0.15) is 0 Å². The normalized spacial score (nSPS) is 27.5. The molecule has 2 aromatic carbocycles. The van der Waals surface area contributed by atoms with Crippen molar-refractivity contribution in [2.45, 2.75) is 24.9 Å². The number of rotatable bonds is 2. The smallest absolute Gasteiger partial charge is 0.321 e. The number of carboxylic acids is 1. The van der Waals surface area contributed by atoms with Crippen LogP contribution in [-0.2, 0) is 20.7 Å². The van der Waals surface area contributed by atoms with E-state index in [1.165, 1.54) is 0 Å². The van der Waals surface area contributed by atoms with Crippen LogP contribution >= 0.6 is 11.6 Å². The summed E-state index contributed by atoms with van der Waals surface area (Å²) in [4.78, 5) is 23.6. The first-order valence-electron chi connectivity index (χ1n) is 7.73. The van der Waals surface area contributed by atoms with Crippen LogP contribution in [-0.4, -0.2) is 22.6 Å². The number of halogens is 1. The number of aliphatic carboxylic acids is 1. The molecule has 5 heteroatoms. The van der Waals surface area contributed by atoms with Crippen LogP contribution in [0, 0.1) is 5.92 Å². The van der Waals surface area contributed by atoms with Gasteiger partial charge in [0.1, 0.15) is 5.60 Å². The van der Waals surface area contributed by atoms with Gasteiger partial charge in [-0.15, -0.1) is 0 Å². The summed E-state index contributed by atoms with van der Waals surface area (Å²) in [5, 5.41) is 10.1. The summed E-state index contributed by atoms with van der Waals surface area (Å²) >= 11 is 5.93. The van der Waals surface area contributed by atoms with E-state index in [1.54, 1.807) is 0 Å². The van der Waals surface area contributed by atoms with Crippen LogP contribution in [0.1, 0.15) is 24.0 Å². The molecule has 0 spiro atoms. The number of carbonyl (C=O) groups is 2. The van der Waals surface area contributed by atoms with Crippen molar-refractivity contribution in [2.75, 3.05) is 0 Å². The molecule has 1 heterocycles. The minimum absolute atomic E-state index is 0.454. The fourth-order valence-corrected chi connectivity index (χ4v) is 4.11. The highest BCUT2D eigenvalue weighted by molar-refractivity contribution is 6.30. The van der Waals surface area contributed by atoms with Crippen LogP contribution < -0.4 is 0 Å². The summed E-state index contributed by atoms with van der Waals surface area (Å²) in [5.41, 5.74) is 3.12. The number of carbonyl (C=O) groups excluding carboxylic acids is 1. The summed E-state index contributed by atoms with van der Waals surface area (Å²) in [7, 11) is 0. The number of fused-ring (bicyclic) bond motifs is 3. The van der Waals surface area contributed by atoms with Gasteiger partial charge in [0.2, 0.25) is 0 Å². The number of hydrogen-bond acceptors (Lipinski definition) is 3. The highest BCUT2D eigenvalue weighted by Gasteiger charge is 2.60. The second-order valence-corrected chi connectivity index (χ2v) is 7.06. The van der Waals surface area contributed by atoms with Crippen LogP contribution in [0.4, 0.5) is 0 Å². The van der Waals surface area contributed by atoms with Gasteiger partial charge in [0.15, 0.2) is 5.92 Å². The van der Waals surface area contributed by atoms with E-state index in [1.807, 2.05) is 49.4 Å². The lowest BCUT2D eigenvalue weighted by molar-refractivity contribution is -0.155. The van der Waals surface area contributed by atoms with Gasteiger partial charge in [-0.1, -0.05) is 41.9 Å². The van der Waals surface area contributed by atoms with Crippen molar-refractivity contribution in [2.24, 2.45) is 5.92 Å². The minimum Gasteiger partial charge on any atom is -0.481 e. The molecule has 122 valence electrons. The summed E-state index contributed by atoms with van der Waals surface area (Å²) in [5.74, 6) is -3.36. The molecule has 0 aromatic heterocycles. The molecule has 2 aliphatic rings. The summed E-state index contributed by atoms with van der Waals surface area (Å²) < 4.78 is 5.45. The average molecular weight is 343 g/mol. The molecule has 1 aliphatic carbocycles. The van der Waals surface area contributed by atoms with Gasteiger partial charge in [-0.05, 0) is 41.3 Å². The summed E-state index contributed by atoms with van der Waals surface area (Å²) in [6.07, 6.45) is 0.545. The maximum absolute atomic E-state index is 12.0. The van der Waals surface area contributed by atoms with E-state index in [9.17, 15) is 14.7 Å². The lowest BCUT2D eigenvalue weighted by Crippen LogP contribution is -2.30. The first-order chi connectivity index (χ1) is 11.4. The monoisotopic (exact) mass is 342 g/mol. The quantitative estimate of drug-likeness (QED) is 0.668. The molecule has 0 saturated carbocycles. The molecule has 2 aromatic rings. The molecule has 24 heavy (non-hydrogen) atoms. The van der Waals surface area contributed by atoms with Crippen molar-refractivity contribution in [3.05, 3.63) is 58.6 Å². The SMILES string of the molecule is C[C@]12Cc3ccc(-c4ccc(Cl)cc4)cc3[C@H]1[C@H](C(=O)O)C(=O)O2. The lowest BCUT2D eigenvalue weighted by Gasteiger charge is -2.22. The molecule has 1 aliphatic heterocycles. The van der Waals surface area contributed by atoms with E-state index < -0.39 is 29.4 Å². The number of ether oxygens (including phenoxy) is 1. The standard InChI is InChI=1S/C19H15ClO4/c1-19-9-12-3-2-11(10-4-6-13(20)7-5-10)8-14(12)16(19)15(17(21)22)18(23)24-19/h2-8,15-16H,9H2,1H3,(H,21,22)/t15-,16+,19+/m1/s1. The molecule has 4 rings (SSSR count). The largest absolute Gasteiger partial charge is 0.481 e. The minimum atomic E-state index is -1.14. The van der Waals surface area contributed by atoms with Gasteiger partial charge in [-0.25, -0.2) is 0 Å². The average Bonchev–Trinajstić information content (AvgIpc) is 2.94. The Balaban J connectivity index is 1.82. The van der Waals surface area contributed by atoms with Crippen molar-refractivity contribution >= 4 is 23.5 Å². The zero-order chi connectivity index (χ0) is 17.1. The highest BCUT2D eigenvalue weighted by Crippen LogP contribution is 2.53. The maximum atomic E-state index is 12.0. The fraction of sp³-hybridized carbons (Fsp3) is 0.263. The molecular formula is C19H15ClO4. The van der Waals surface area contributed by atoms with Gasteiger partial charge in [0.25, 0.3) is 0 Å². The molecule has 1 saturated heterocycles. The molecule has 0 amide bonds. The van der Waals surface area contributed by atoms with Crippen LogP contribution in [0.5, 0.6) is 0 Å². The second-order valence-electron chi connectivity index (χ2n) is 6.62. The molecule has 4 nitrogen and oxygen atoms in total. The molecule has 1 fully saturated rings. The number of hydrogen-bond donors (Lipinski definition) is 1. The zero-order valence-corrected chi connectivity index (χ0v) is 13.7. The van der Waals surface area contributed by atoms with E-state index in [4.69, 9.17) is 16.3 Å². The maximum Gasteiger partial charge on any atom is 0.321 e. The predicted octanol–water partition coefficient (Wildman–Crippen LogP) is 3.66. The van der Waals surface area contributed by atoms with Crippen LogP contribution in [0.2, 0.25) is 5.02 Å². The molecule has 1 N–H and O–H groups in total. The Morgan fingerprint density at radius 2 is 1.88 bits per heavy atom. The molecule has 0 unspecified atom stereocenters. The third-order valence-electron chi connectivity index (χ3n) is 5.04. The van der Waals surface area contributed by atoms with Gasteiger partial charge >= 0.3 is 11.9 Å². The fourth-order valence-electron chi connectivity index (χ4n) is 3.99. The summed E-state index contributed by atoms with van der Waals surface area (Å²) in [6.45, 7) is 1.82. The predicted molar refractivity (Wildman–Crippen MR) is 89.0 cm³/mol. The molecular weight excluding hydrogens is 328 g/mol. The topological polar surface area (TPSA) is 63.6 Å². The Morgan fingerprint density at radius 3 is 2.54 bits per heavy atom. The third kappa shape index (κ3) is 2.13. The number of carboxylic acid groups (broad SMARTS) is 1. The Labute approximate surface area is 144 Å². The van der Waals surface area contributed by atoms with Crippen molar-refractivity contribution in [1.82, 2.24) is 0 Å². The third-order valence-corrected chi connectivity index (χ3v) is 5.30. The van der Waals surface area contributed by atoms with Crippen molar-refractivity contribution in [1.29, 1.82) is 0 Å². The highest BCUT2D eigenvalue weighted by atomic mass is 35.5. The number of esters is 1. The Hall–Kier alpha value is -2.33. The second kappa shape index (κ2) is 5.08. The zero-order valence-electron chi connectivity index (χ0n) is 13.0. The number of benzene rings is 2. The van der Waals surface area contributed by atoms with Crippen LogP contribution in [0.3, 0.4) is 0 Å². The Bertz CT molecular complexity index is 858. The van der Waals surface area contributed by atoms with E-state index in [0.29, 0.717) is 11.4 Å².